The number of thiophene rings is 1. The van der Waals surface area contributed by atoms with Crippen molar-refractivity contribution in [1.29, 1.82) is 0 Å². The van der Waals surface area contributed by atoms with Gasteiger partial charge in [0.2, 0.25) is 5.88 Å². The summed E-state index contributed by atoms with van der Waals surface area (Å²) in [6, 6.07) is 4.99. The van der Waals surface area contributed by atoms with Gasteiger partial charge in [-0.25, -0.2) is 8.78 Å². The molecule has 0 fully saturated rings. The van der Waals surface area contributed by atoms with E-state index in [9.17, 15) is 8.78 Å². The van der Waals surface area contributed by atoms with Crippen LogP contribution in [0.1, 0.15) is 0 Å². The second-order valence-corrected chi connectivity index (χ2v) is 7.92. The van der Waals surface area contributed by atoms with Crippen molar-refractivity contribution >= 4 is 49.1 Å². The topological polar surface area (TPSA) is 52.0 Å². The third kappa shape index (κ3) is 2.75. The normalized spacial score (nSPS) is 11.0. The number of nitrogen functional groups attached to an aromatic ring is 1. The SMILES string of the molecule is Nc1onc(-c2cc(Br)sc2Br)c1-c1cc(F)cc(F)c1. The second kappa shape index (κ2) is 5.51. The molecule has 0 spiro atoms. The minimum atomic E-state index is -0.692. The van der Waals surface area contributed by atoms with Crippen molar-refractivity contribution in [2.45, 2.75) is 0 Å². The summed E-state index contributed by atoms with van der Waals surface area (Å²) in [5.74, 6) is -1.38. The number of benzene rings is 1. The van der Waals surface area contributed by atoms with E-state index >= 15 is 0 Å². The van der Waals surface area contributed by atoms with Crippen molar-refractivity contribution in [3.63, 3.8) is 0 Å². The van der Waals surface area contributed by atoms with E-state index in [1.165, 1.54) is 23.5 Å². The Balaban J connectivity index is 2.24. The van der Waals surface area contributed by atoms with Crippen LogP contribution in [0.3, 0.4) is 0 Å². The monoisotopic (exact) mass is 434 g/mol. The van der Waals surface area contributed by atoms with Crippen LogP contribution < -0.4 is 5.73 Å². The number of hydrogen-bond donors (Lipinski definition) is 1. The Bertz CT molecular complexity index is 811. The first-order valence-corrected chi connectivity index (χ1v) is 8.03. The van der Waals surface area contributed by atoms with E-state index in [0.29, 0.717) is 11.3 Å². The molecule has 2 heterocycles. The van der Waals surface area contributed by atoms with Gasteiger partial charge >= 0.3 is 0 Å². The van der Waals surface area contributed by atoms with Gasteiger partial charge in [0.25, 0.3) is 0 Å². The third-order valence-corrected chi connectivity index (χ3v) is 5.12. The fourth-order valence-corrected chi connectivity index (χ4v) is 4.77. The highest BCUT2D eigenvalue weighted by molar-refractivity contribution is 9.12. The summed E-state index contributed by atoms with van der Waals surface area (Å²) in [6.07, 6.45) is 0. The lowest BCUT2D eigenvalue weighted by Gasteiger charge is -2.03. The lowest BCUT2D eigenvalue weighted by Crippen LogP contribution is -1.90. The van der Waals surface area contributed by atoms with Crippen LogP contribution in [0.25, 0.3) is 22.4 Å². The van der Waals surface area contributed by atoms with E-state index in [0.717, 1.165) is 19.2 Å². The summed E-state index contributed by atoms with van der Waals surface area (Å²) in [7, 11) is 0. The van der Waals surface area contributed by atoms with Crippen LogP contribution in [0.15, 0.2) is 36.4 Å². The highest BCUT2D eigenvalue weighted by atomic mass is 79.9. The number of aromatic nitrogens is 1. The fourth-order valence-electron chi connectivity index (χ4n) is 1.97. The molecule has 0 saturated carbocycles. The number of rotatable bonds is 2. The van der Waals surface area contributed by atoms with Crippen LogP contribution in [0, 0.1) is 11.6 Å². The van der Waals surface area contributed by atoms with Gasteiger partial charge in [-0.3, -0.25) is 0 Å². The Kier molecular flexibility index (Phi) is 3.85. The average Bonchev–Trinajstić information content (AvgIpc) is 2.90. The zero-order chi connectivity index (χ0) is 15.1. The van der Waals surface area contributed by atoms with Crippen LogP contribution in [-0.2, 0) is 0 Å². The molecule has 0 aliphatic carbocycles. The van der Waals surface area contributed by atoms with Gasteiger partial charge in [0.1, 0.15) is 17.3 Å². The maximum absolute atomic E-state index is 13.4. The molecule has 0 amide bonds. The molecule has 0 atom stereocenters. The molecule has 1 aromatic carbocycles. The first-order chi connectivity index (χ1) is 9.95. The zero-order valence-electron chi connectivity index (χ0n) is 10.2. The van der Waals surface area contributed by atoms with Gasteiger partial charge in [-0.05, 0) is 55.6 Å². The molecule has 2 aromatic heterocycles. The van der Waals surface area contributed by atoms with Crippen LogP contribution >= 0.6 is 43.2 Å². The van der Waals surface area contributed by atoms with E-state index in [2.05, 4.69) is 37.0 Å². The van der Waals surface area contributed by atoms with E-state index in [1.807, 2.05) is 6.07 Å². The minimum absolute atomic E-state index is 0.00391. The van der Waals surface area contributed by atoms with Crippen molar-refractivity contribution in [2.24, 2.45) is 0 Å². The fraction of sp³-hybridized carbons (Fsp3) is 0. The van der Waals surface area contributed by atoms with Crippen LogP contribution in [-0.4, -0.2) is 5.16 Å². The molecule has 8 heteroatoms. The van der Waals surface area contributed by atoms with Crippen LogP contribution in [0.4, 0.5) is 14.7 Å². The standard InChI is InChI=1S/C13H6Br2F2N2OS/c14-9-4-8(12(15)21-9)11-10(13(18)20-19-11)5-1-6(16)3-7(17)2-5/h1-4H,18H2. The van der Waals surface area contributed by atoms with Gasteiger partial charge in [-0.2, -0.15) is 0 Å². The summed E-state index contributed by atoms with van der Waals surface area (Å²) in [5, 5.41) is 3.91. The lowest BCUT2D eigenvalue weighted by atomic mass is 10.0. The first kappa shape index (κ1) is 14.7. The van der Waals surface area contributed by atoms with Crippen molar-refractivity contribution in [3.05, 3.63) is 43.5 Å². The van der Waals surface area contributed by atoms with E-state index in [-0.39, 0.29) is 11.4 Å². The largest absolute Gasteiger partial charge is 0.367 e. The van der Waals surface area contributed by atoms with Gasteiger partial charge in [-0.1, -0.05) is 5.16 Å². The molecule has 0 unspecified atom stereocenters. The Labute approximate surface area is 139 Å². The quantitative estimate of drug-likeness (QED) is 0.581. The predicted octanol–water partition coefficient (Wildman–Crippen LogP) is 5.46. The first-order valence-electron chi connectivity index (χ1n) is 5.62. The molecule has 0 saturated heterocycles. The molecular formula is C13H6Br2F2N2OS. The molecule has 108 valence electrons. The van der Waals surface area contributed by atoms with Gasteiger partial charge < -0.3 is 10.3 Å². The third-order valence-electron chi connectivity index (χ3n) is 2.78. The van der Waals surface area contributed by atoms with Crippen LogP contribution in [0.5, 0.6) is 0 Å². The Hall–Kier alpha value is -1.25. The smallest absolute Gasteiger partial charge is 0.230 e. The summed E-state index contributed by atoms with van der Waals surface area (Å²) < 4.78 is 33.5. The number of anilines is 1. The number of nitrogens with two attached hydrogens (primary N) is 1. The molecule has 0 aliphatic heterocycles. The van der Waals surface area contributed by atoms with Gasteiger partial charge in [-0.15, -0.1) is 11.3 Å². The maximum Gasteiger partial charge on any atom is 0.230 e. The number of halogens is 4. The van der Waals surface area contributed by atoms with Crippen molar-refractivity contribution in [2.75, 3.05) is 5.73 Å². The van der Waals surface area contributed by atoms with E-state index in [4.69, 9.17) is 10.3 Å². The number of hydrogen-bond acceptors (Lipinski definition) is 4. The highest BCUT2D eigenvalue weighted by Crippen LogP contribution is 2.43. The summed E-state index contributed by atoms with van der Waals surface area (Å²) in [5.41, 5.74) is 7.56. The number of nitrogens with zero attached hydrogens (tertiary/aromatic N) is 1. The van der Waals surface area contributed by atoms with Crippen molar-refractivity contribution < 1.29 is 13.3 Å². The van der Waals surface area contributed by atoms with E-state index in [1.54, 1.807) is 0 Å². The summed E-state index contributed by atoms with van der Waals surface area (Å²) in [4.78, 5) is 0. The Morgan fingerprint density at radius 3 is 2.33 bits per heavy atom. The summed E-state index contributed by atoms with van der Waals surface area (Å²) >= 11 is 8.23. The molecule has 3 rings (SSSR count). The molecule has 0 radical (unpaired) electrons. The highest BCUT2D eigenvalue weighted by Gasteiger charge is 2.21. The predicted molar refractivity (Wildman–Crippen MR) is 85.0 cm³/mol. The Morgan fingerprint density at radius 1 is 1.10 bits per heavy atom. The summed E-state index contributed by atoms with van der Waals surface area (Å²) in [6.45, 7) is 0. The Morgan fingerprint density at radius 2 is 1.76 bits per heavy atom. The van der Waals surface area contributed by atoms with Crippen LogP contribution in [0.2, 0.25) is 0 Å². The van der Waals surface area contributed by atoms with Crippen molar-refractivity contribution in [3.8, 4) is 22.4 Å². The molecule has 2 N–H and O–H groups in total. The van der Waals surface area contributed by atoms with Gasteiger partial charge in [0.15, 0.2) is 0 Å². The molecular weight excluding hydrogens is 430 g/mol. The molecule has 3 nitrogen and oxygen atoms in total. The maximum atomic E-state index is 13.4. The average molecular weight is 436 g/mol. The van der Waals surface area contributed by atoms with E-state index < -0.39 is 11.6 Å². The lowest BCUT2D eigenvalue weighted by molar-refractivity contribution is 0.439. The van der Waals surface area contributed by atoms with Gasteiger partial charge in [0, 0.05) is 11.6 Å². The molecule has 21 heavy (non-hydrogen) atoms. The molecule has 3 aromatic rings. The second-order valence-electron chi connectivity index (χ2n) is 4.17. The molecule has 0 aliphatic rings. The molecule has 0 bridgehead atoms. The zero-order valence-corrected chi connectivity index (χ0v) is 14.2. The minimum Gasteiger partial charge on any atom is -0.367 e. The van der Waals surface area contributed by atoms with Gasteiger partial charge in [0.05, 0.1) is 13.1 Å². The van der Waals surface area contributed by atoms with Crippen molar-refractivity contribution in [1.82, 2.24) is 5.16 Å².